The van der Waals surface area contributed by atoms with Crippen LogP contribution in [0.1, 0.15) is 11.1 Å². The number of halogens is 1. The number of benzene rings is 3. The zero-order valence-corrected chi connectivity index (χ0v) is 20.0. The van der Waals surface area contributed by atoms with Gasteiger partial charge in [0.1, 0.15) is 17.2 Å². The summed E-state index contributed by atoms with van der Waals surface area (Å²) in [6.45, 7) is 4.42. The fraction of sp³-hybridized carbons (Fsp3) is 0.231. The first-order valence-corrected chi connectivity index (χ1v) is 11.5. The number of aliphatic imine (C=N–C) groups is 1. The van der Waals surface area contributed by atoms with Gasteiger partial charge in [-0.2, -0.15) is 0 Å². The third kappa shape index (κ3) is 6.66. The van der Waals surface area contributed by atoms with Gasteiger partial charge in [0, 0.05) is 19.3 Å². The molecule has 1 saturated heterocycles. The second-order valence-electron chi connectivity index (χ2n) is 7.64. The molecule has 1 amide bonds. The normalized spacial score (nSPS) is 13.8. The second-order valence-corrected chi connectivity index (χ2v) is 8.49. The standard InChI is InChI=1S/C26H25BrN2O4/c1-19-2-7-22(8-3-19)33-23-9-5-21(6-10-23)28-17-20-4-11-25(24(27)16-20)32-18-26(30)29-12-14-31-15-13-29/h2-11,16-17H,12-15,18H2,1H3. The maximum absolute atomic E-state index is 12.2. The van der Waals surface area contributed by atoms with Gasteiger partial charge in [-0.3, -0.25) is 9.79 Å². The maximum atomic E-state index is 12.2. The molecule has 170 valence electrons. The number of aryl methyl sites for hydroxylation is 1. The summed E-state index contributed by atoms with van der Waals surface area (Å²) in [6, 6.07) is 21.2. The number of amides is 1. The van der Waals surface area contributed by atoms with Crippen LogP contribution in [0.5, 0.6) is 17.2 Å². The van der Waals surface area contributed by atoms with Gasteiger partial charge in [-0.05, 0) is 83.0 Å². The Kier molecular flexibility index (Phi) is 7.75. The van der Waals surface area contributed by atoms with Crippen molar-refractivity contribution >= 4 is 33.7 Å². The van der Waals surface area contributed by atoms with E-state index in [1.165, 1.54) is 5.56 Å². The maximum Gasteiger partial charge on any atom is 0.260 e. The highest BCUT2D eigenvalue weighted by Crippen LogP contribution is 2.27. The molecular formula is C26H25BrN2O4. The average Bonchev–Trinajstić information content (AvgIpc) is 2.85. The van der Waals surface area contributed by atoms with Crippen LogP contribution < -0.4 is 9.47 Å². The minimum Gasteiger partial charge on any atom is -0.483 e. The van der Waals surface area contributed by atoms with E-state index in [0.29, 0.717) is 32.1 Å². The van der Waals surface area contributed by atoms with Crippen molar-refractivity contribution in [3.63, 3.8) is 0 Å². The van der Waals surface area contributed by atoms with Gasteiger partial charge in [0.15, 0.2) is 6.61 Å². The van der Waals surface area contributed by atoms with Crippen LogP contribution in [0.15, 0.2) is 76.2 Å². The highest BCUT2D eigenvalue weighted by atomic mass is 79.9. The van der Waals surface area contributed by atoms with E-state index in [9.17, 15) is 4.79 Å². The van der Waals surface area contributed by atoms with Crippen molar-refractivity contribution in [2.45, 2.75) is 6.92 Å². The molecule has 3 aromatic carbocycles. The smallest absolute Gasteiger partial charge is 0.260 e. The predicted octanol–water partition coefficient (Wildman–Crippen LogP) is 5.54. The van der Waals surface area contributed by atoms with E-state index in [4.69, 9.17) is 14.2 Å². The number of ether oxygens (including phenoxy) is 3. The van der Waals surface area contributed by atoms with Crippen LogP contribution in [-0.4, -0.2) is 49.9 Å². The summed E-state index contributed by atoms with van der Waals surface area (Å²) in [5.41, 5.74) is 2.92. The zero-order valence-electron chi connectivity index (χ0n) is 18.4. The highest BCUT2D eigenvalue weighted by Gasteiger charge is 2.17. The first-order valence-electron chi connectivity index (χ1n) is 10.7. The molecule has 0 saturated carbocycles. The van der Waals surface area contributed by atoms with Gasteiger partial charge < -0.3 is 19.1 Å². The fourth-order valence-electron chi connectivity index (χ4n) is 3.25. The van der Waals surface area contributed by atoms with Gasteiger partial charge in [0.2, 0.25) is 0 Å². The Hall–Kier alpha value is -3.16. The summed E-state index contributed by atoms with van der Waals surface area (Å²) in [7, 11) is 0. The molecule has 6 nitrogen and oxygen atoms in total. The van der Waals surface area contributed by atoms with Crippen molar-refractivity contribution in [3.05, 3.63) is 82.3 Å². The molecule has 3 aromatic rings. The molecule has 0 spiro atoms. The molecule has 1 heterocycles. The van der Waals surface area contributed by atoms with Gasteiger partial charge in [-0.25, -0.2) is 0 Å². The van der Waals surface area contributed by atoms with E-state index in [2.05, 4.69) is 20.9 Å². The van der Waals surface area contributed by atoms with Crippen molar-refractivity contribution < 1.29 is 19.0 Å². The van der Waals surface area contributed by atoms with Crippen molar-refractivity contribution in [2.75, 3.05) is 32.9 Å². The summed E-state index contributed by atoms with van der Waals surface area (Å²) in [4.78, 5) is 18.5. The minimum atomic E-state index is -0.0364. The molecular weight excluding hydrogens is 484 g/mol. The molecule has 0 N–H and O–H groups in total. The summed E-state index contributed by atoms with van der Waals surface area (Å²) in [5, 5.41) is 0. The Morgan fingerprint density at radius 1 is 1.03 bits per heavy atom. The molecule has 0 aromatic heterocycles. The van der Waals surface area contributed by atoms with E-state index in [0.717, 1.165) is 27.2 Å². The van der Waals surface area contributed by atoms with E-state index in [1.54, 1.807) is 11.1 Å². The highest BCUT2D eigenvalue weighted by molar-refractivity contribution is 9.10. The Balaban J connectivity index is 1.32. The lowest BCUT2D eigenvalue weighted by molar-refractivity contribution is -0.137. The number of hydrogen-bond donors (Lipinski definition) is 0. The molecule has 0 unspecified atom stereocenters. The van der Waals surface area contributed by atoms with E-state index in [-0.39, 0.29) is 12.5 Å². The monoisotopic (exact) mass is 508 g/mol. The summed E-state index contributed by atoms with van der Waals surface area (Å²) < 4.78 is 17.6. The minimum absolute atomic E-state index is 0.00302. The number of carbonyl (C=O) groups is 1. The number of nitrogens with zero attached hydrogens (tertiary/aromatic N) is 2. The van der Waals surface area contributed by atoms with Gasteiger partial charge in [-0.15, -0.1) is 0 Å². The molecule has 0 aliphatic carbocycles. The topological polar surface area (TPSA) is 60.4 Å². The van der Waals surface area contributed by atoms with Gasteiger partial charge in [0.25, 0.3) is 5.91 Å². The molecule has 0 radical (unpaired) electrons. The Morgan fingerprint density at radius 2 is 1.70 bits per heavy atom. The zero-order chi connectivity index (χ0) is 23.0. The van der Waals surface area contributed by atoms with E-state index in [1.807, 2.05) is 73.7 Å². The molecule has 4 rings (SSSR count). The van der Waals surface area contributed by atoms with Crippen LogP contribution in [0.4, 0.5) is 5.69 Å². The largest absolute Gasteiger partial charge is 0.483 e. The van der Waals surface area contributed by atoms with Crippen LogP contribution in [0.2, 0.25) is 0 Å². The first-order chi connectivity index (χ1) is 16.1. The third-order valence-corrected chi connectivity index (χ3v) is 5.75. The van der Waals surface area contributed by atoms with E-state index >= 15 is 0 Å². The quantitative estimate of drug-likeness (QED) is 0.393. The Bertz CT molecular complexity index is 1110. The third-order valence-electron chi connectivity index (χ3n) is 5.13. The first kappa shape index (κ1) is 23.0. The number of carbonyl (C=O) groups excluding carboxylic acids is 1. The lowest BCUT2D eigenvalue weighted by Gasteiger charge is -2.26. The second kappa shape index (κ2) is 11.1. The Morgan fingerprint density at radius 3 is 2.36 bits per heavy atom. The number of hydrogen-bond acceptors (Lipinski definition) is 5. The van der Waals surface area contributed by atoms with Crippen molar-refractivity contribution in [3.8, 4) is 17.2 Å². The van der Waals surface area contributed by atoms with Crippen molar-refractivity contribution in [2.24, 2.45) is 4.99 Å². The molecule has 1 fully saturated rings. The summed E-state index contributed by atoms with van der Waals surface area (Å²) in [6.07, 6.45) is 1.78. The lowest BCUT2D eigenvalue weighted by Crippen LogP contribution is -2.43. The summed E-state index contributed by atoms with van der Waals surface area (Å²) in [5.74, 6) is 2.14. The average molecular weight is 509 g/mol. The number of rotatable bonds is 7. The van der Waals surface area contributed by atoms with Crippen molar-refractivity contribution in [1.29, 1.82) is 0 Å². The number of morpholine rings is 1. The van der Waals surface area contributed by atoms with Crippen LogP contribution in [0.25, 0.3) is 0 Å². The van der Waals surface area contributed by atoms with Gasteiger partial charge in [0.05, 0.1) is 23.4 Å². The van der Waals surface area contributed by atoms with E-state index < -0.39 is 0 Å². The van der Waals surface area contributed by atoms with Crippen molar-refractivity contribution in [1.82, 2.24) is 4.90 Å². The SMILES string of the molecule is Cc1ccc(Oc2ccc(N=Cc3ccc(OCC(=O)N4CCOCC4)c(Br)c3)cc2)cc1. The summed E-state index contributed by atoms with van der Waals surface area (Å²) >= 11 is 3.52. The molecule has 33 heavy (non-hydrogen) atoms. The molecule has 7 heteroatoms. The molecule has 1 aliphatic rings. The predicted molar refractivity (Wildman–Crippen MR) is 132 cm³/mol. The fourth-order valence-corrected chi connectivity index (χ4v) is 3.76. The Labute approximate surface area is 201 Å². The molecule has 0 atom stereocenters. The van der Waals surface area contributed by atoms with Crippen LogP contribution in [0.3, 0.4) is 0 Å². The van der Waals surface area contributed by atoms with Crippen LogP contribution in [-0.2, 0) is 9.53 Å². The van der Waals surface area contributed by atoms with Gasteiger partial charge >= 0.3 is 0 Å². The molecule has 0 bridgehead atoms. The van der Waals surface area contributed by atoms with Crippen LogP contribution >= 0.6 is 15.9 Å². The lowest BCUT2D eigenvalue weighted by atomic mass is 10.2. The van der Waals surface area contributed by atoms with Crippen LogP contribution in [0, 0.1) is 6.92 Å². The molecule has 1 aliphatic heterocycles. The van der Waals surface area contributed by atoms with Gasteiger partial charge in [-0.1, -0.05) is 17.7 Å².